The molecule has 0 bridgehead atoms. The number of hydrogen-bond acceptors (Lipinski definition) is 4. The van der Waals surface area contributed by atoms with Crippen LogP contribution in [-0.4, -0.2) is 17.2 Å². The van der Waals surface area contributed by atoms with E-state index >= 15 is 0 Å². The van der Waals surface area contributed by atoms with Crippen LogP contribution in [0.5, 0.6) is 0 Å². The Kier molecular flexibility index (Phi) is 4.14. The van der Waals surface area contributed by atoms with Crippen LogP contribution in [0.2, 0.25) is 0 Å². The largest absolute Gasteiger partial charge is 0.488 e. The van der Waals surface area contributed by atoms with Gasteiger partial charge in [-0.05, 0) is 54.0 Å². The highest BCUT2D eigenvalue weighted by atomic mass is 16.4. The molecule has 6 nitrogen and oxygen atoms in total. The van der Waals surface area contributed by atoms with Crippen molar-refractivity contribution >= 4 is 18.3 Å². The normalized spacial score (nSPS) is 10.0. The van der Waals surface area contributed by atoms with E-state index in [1.807, 2.05) is 0 Å². The molecule has 4 N–H and O–H groups in total. The third-order valence-electron chi connectivity index (χ3n) is 3.03. The molecule has 0 aliphatic heterocycles. The molecule has 0 saturated heterocycles. The lowest BCUT2D eigenvalue weighted by Gasteiger charge is -2.18. The Morgan fingerprint density at radius 1 is 1.24 bits per heavy atom. The lowest BCUT2D eigenvalue weighted by atomic mass is 9.71. The first-order valence-electron chi connectivity index (χ1n) is 5.19. The van der Waals surface area contributed by atoms with Gasteiger partial charge in [-0.3, -0.25) is 0 Å². The monoisotopic (exact) mass is 234 g/mol. The van der Waals surface area contributed by atoms with Crippen molar-refractivity contribution in [1.29, 1.82) is 0 Å². The van der Waals surface area contributed by atoms with Gasteiger partial charge in [0.1, 0.15) is 0 Å². The molecular formula is C10H15BN4O2. The average Bonchev–Trinajstić information content (AvgIpc) is 2.24. The summed E-state index contributed by atoms with van der Waals surface area (Å²) in [5.74, 6) is 0. The summed E-state index contributed by atoms with van der Waals surface area (Å²) >= 11 is 0. The molecule has 0 spiro atoms. The molecule has 17 heavy (non-hydrogen) atoms. The molecule has 0 saturated carbocycles. The van der Waals surface area contributed by atoms with E-state index in [1.165, 1.54) is 0 Å². The molecule has 0 fully saturated rings. The third-order valence-corrected chi connectivity index (χ3v) is 3.03. The summed E-state index contributed by atoms with van der Waals surface area (Å²) in [7, 11) is -1.60. The van der Waals surface area contributed by atoms with Crippen LogP contribution in [0.3, 0.4) is 0 Å². The van der Waals surface area contributed by atoms with E-state index in [9.17, 15) is 10.0 Å². The predicted molar refractivity (Wildman–Crippen MR) is 67.2 cm³/mol. The van der Waals surface area contributed by atoms with Crippen molar-refractivity contribution < 1.29 is 10.0 Å². The van der Waals surface area contributed by atoms with E-state index in [1.54, 1.807) is 20.8 Å². The predicted octanol–water partition coefficient (Wildman–Crippen LogP) is 0.692. The first-order valence-corrected chi connectivity index (χ1v) is 5.19. The maximum Gasteiger partial charge on any atom is 0.488 e. The smallest absolute Gasteiger partial charge is 0.423 e. The Labute approximate surface area is 99.8 Å². The fraction of sp³-hybridized carbons (Fsp3) is 0.400. The third kappa shape index (κ3) is 2.27. The van der Waals surface area contributed by atoms with Crippen LogP contribution in [0.1, 0.15) is 22.3 Å². The van der Waals surface area contributed by atoms with Crippen LogP contribution in [0.25, 0.3) is 10.4 Å². The minimum Gasteiger partial charge on any atom is -0.423 e. The zero-order chi connectivity index (χ0) is 13.2. The quantitative estimate of drug-likeness (QED) is 0.309. The van der Waals surface area contributed by atoms with Gasteiger partial charge in [-0.1, -0.05) is 5.11 Å². The van der Waals surface area contributed by atoms with Crippen molar-refractivity contribution in [2.24, 2.45) is 10.8 Å². The molecule has 1 rings (SSSR count). The van der Waals surface area contributed by atoms with Crippen molar-refractivity contribution in [3.05, 3.63) is 32.7 Å². The fourth-order valence-electron chi connectivity index (χ4n) is 2.16. The van der Waals surface area contributed by atoms with E-state index in [0.29, 0.717) is 16.7 Å². The standard InChI is InChI=1S/C10H15BN4O2/c1-5-8(4-12)6(2)10(14-15-13)7(3)9(5)11(16)17/h16-17H,4,12H2,1-3H3. The maximum absolute atomic E-state index is 9.37. The van der Waals surface area contributed by atoms with E-state index in [4.69, 9.17) is 11.3 Å². The SMILES string of the molecule is Cc1c(CN)c(C)c(B(O)O)c(C)c1N=[N+]=[N-]. The Balaban J connectivity index is 3.75. The number of benzene rings is 1. The molecule has 0 unspecified atom stereocenters. The molecule has 0 aliphatic rings. The summed E-state index contributed by atoms with van der Waals surface area (Å²) in [6.45, 7) is 5.53. The minimum absolute atomic E-state index is 0.256. The van der Waals surface area contributed by atoms with Crippen molar-refractivity contribution in [2.75, 3.05) is 0 Å². The number of rotatable bonds is 3. The van der Waals surface area contributed by atoms with Gasteiger partial charge in [0.15, 0.2) is 0 Å². The van der Waals surface area contributed by atoms with E-state index in [2.05, 4.69) is 10.0 Å². The highest BCUT2D eigenvalue weighted by Crippen LogP contribution is 2.28. The van der Waals surface area contributed by atoms with Crippen LogP contribution in [0.15, 0.2) is 5.11 Å². The first-order chi connectivity index (χ1) is 7.95. The maximum atomic E-state index is 9.37. The summed E-state index contributed by atoms with van der Waals surface area (Å²) in [4.78, 5) is 2.75. The molecule has 0 atom stereocenters. The molecule has 0 heterocycles. The molecule has 0 amide bonds. The van der Waals surface area contributed by atoms with Crippen molar-refractivity contribution in [1.82, 2.24) is 0 Å². The number of nitrogens with two attached hydrogens (primary N) is 1. The minimum atomic E-state index is -1.60. The number of azide groups is 1. The second-order valence-corrected chi connectivity index (χ2v) is 3.88. The Morgan fingerprint density at radius 2 is 1.82 bits per heavy atom. The summed E-state index contributed by atoms with van der Waals surface area (Å²) < 4.78 is 0. The highest BCUT2D eigenvalue weighted by molar-refractivity contribution is 6.60. The number of nitrogens with zero attached hydrogens (tertiary/aromatic N) is 3. The Morgan fingerprint density at radius 3 is 2.24 bits per heavy atom. The fourth-order valence-corrected chi connectivity index (χ4v) is 2.16. The Bertz CT molecular complexity index is 496. The summed E-state index contributed by atoms with van der Waals surface area (Å²) in [5, 5.41) is 22.3. The highest BCUT2D eigenvalue weighted by Gasteiger charge is 2.23. The van der Waals surface area contributed by atoms with E-state index in [-0.39, 0.29) is 6.54 Å². The van der Waals surface area contributed by atoms with Gasteiger partial charge in [-0.25, -0.2) is 0 Å². The zero-order valence-electron chi connectivity index (χ0n) is 10.1. The molecule has 1 aromatic rings. The van der Waals surface area contributed by atoms with Crippen LogP contribution in [0, 0.1) is 20.8 Å². The van der Waals surface area contributed by atoms with Gasteiger partial charge >= 0.3 is 7.12 Å². The summed E-state index contributed by atoms with van der Waals surface area (Å²) in [5.41, 5.74) is 17.8. The van der Waals surface area contributed by atoms with Gasteiger partial charge in [0.2, 0.25) is 0 Å². The van der Waals surface area contributed by atoms with Gasteiger partial charge in [-0.15, -0.1) is 0 Å². The Hall–Kier alpha value is -1.53. The molecule has 0 aromatic heterocycles. The van der Waals surface area contributed by atoms with Gasteiger partial charge in [0, 0.05) is 17.1 Å². The van der Waals surface area contributed by atoms with Crippen molar-refractivity contribution in [2.45, 2.75) is 27.3 Å². The van der Waals surface area contributed by atoms with Crippen molar-refractivity contribution in [3.8, 4) is 0 Å². The lowest BCUT2D eigenvalue weighted by molar-refractivity contribution is 0.425. The van der Waals surface area contributed by atoms with Gasteiger partial charge in [-0.2, -0.15) is 0 Å². The summed E-state index contributed by atoms with van der Waals surface area (Å²) in [6, 6.07) is 0. The molecular weight excluding hydrogens is 219 g/mol. The first kappa shape index (κ1) is 13.5. The van der Waals surface area contributed by atoms with Gasteiger partial charge in [0.25, 0.3) is 0 Å². The molecule has 1 aromatic carbocycles. The van der Waals surface area contributed by atoms with Crippen molar-refractivity contribution in [3.63, 3.8) is 0 Å². The van der Waals surface area contributed by atoms with E-state index < -0.39 is 7.12 Å². The van der Waals surface area contributed by atoms with E-state index in [0.717, 1.165) is 16.7 Å². The zero-order valence-corrected chi connectivity index (χ0v) is 10.1. The summed E-state index contributed by atoms with van der Waals surface area (Å²) in [6.07, 6.45) is 0. The van der Waals surface area contributed by atoms with Gasteiger partial charge < -0.3 is 15.8 Å². The van der Waals surface area contributed by atoms with Crippen LogP contribution in [0.4, 0.5) is 5.69 Å². The van der Waals surface area contributed by atoms with Crippen LogP contribution < -0.4 is 11.2 Å². The molecule has 0 radical (unpaired) electrons. The second-order valence-electron chi connectivity index (χ2n) is 3.88. The second kappa shape index (κ2) is 5.20. The lowest BCUT2D eigenvalue weighted by Crippen LogP contribution is -2.36. The average molecular weight is 234 g/mol. The number of hydrogen-bond donors (Lipinski definition) is 3. The van der Waals surface area contributed by atoms with Crippen LogP contribution >= 0.6 is 0 Å². The molecule has 7 heteroatoms. The molecule has 0 aliphatic carbocycles. The topological polar surface area (TPSA) is 115 Å². The van der Waals surface area contributed by atoms with Crippen LogP contribution in [-0.2, 0) is 6.54 Å². The van der Waals surface area contributed by atoms with Gasteiger partial charge in [0.05, 0.1) is 0 Å². The molecule has 90 valence electrons.